The Labute approximate surface area is 126 Å². The van der Waals surface area contributed by atoms with E-state index < -0.39 is 26.8 Å². The number of rotatable bonds is 3. The first-order valence-electron chi connectivity index (χ1n) is 7.28. The van der Waals surface area contributed by atoms with Gasteiger partial charge in [0.15, 0.2) is 0 Å². The van der Waals surface area contributed by atoms with Gasteiger partial charge in [-0.2, -0.15) is 17.0 Å². The van der Waals surface area contributed by atoms with E-state index >= 15 is 0 Å². The molecule has 0 unspecified atom stereocenters. The largest absolute Gasteiger partial charge is 0.283 e. The van der Waals surface area contributed by atoms with Gasteiger partial charge in [0.25, 0.3) is 10.2 Å². The van der Waals surface area contributed by atoms with Crippen LogP contribution in [0.25, 0.3) is 0 Å². The summed E-state index contributed by atoms with van der Waals surface area (Å²) < 4.78 is 29.8. The number of hydrogen-bond donors (Lipinski definition) is 0. The summed E-state index contributed by atoms with van der Waals surface area (Å²) >= 11 is 0. The minimum Gasteiger partial charge on any atom is -0.195 e. The number of nitrogens with zero attached hydrogens (tertiary/aromatic N) is 2. The Kier molecular flexibility index (Phi) is 5.54. The molecular formula is C15H34N2O2S. The van der Waals surface area contributed by atoms with Gasteiger partial charge in [-0.05, 0) is 76.2 Å². The highest BCUT2D eigenvalue weighted by Crippen LogP contribution is 2.34. The van der Waals surface area contributed by atoms with E-state index in [4.69, 9.17) is 0 Å². The van der Waals surface area contributed by atoms with Crippen LogP contribution in [-0.4, -0.2) is 39.7 Å². The van der Waals surface area contributed by atoms with E-state index in [1.54, 1.807) is 8.61 Å². The van der Waals surface area contributed by atoms with Crippen molar-refractivity contribution in [2.45, 2.75) is 98.8 Å². The monoisotopic (exact) mass is 306 g/mol. The first kappa shape index (κ1) is 19.9. The van der Waals surface area contributed by atoms with E-state index in [0.29, 0.717) is 0 Å². The standard InChI is InChI=1S/C15H34N2O2S/c1-12(2)16(13(3,4)5)20(18,19)17(14(6,7)8)15(9,10)11/h12H,1-11H3. The van der Waals surface area contributed by atoms with E-state index in [0.717, 1.165) is 0 Å². The Morgan fingerprint density at radius 3 is 1.15 bits per heavy atom. The maximum Gasteiger partial charge on any atom is 0.283 e. The molecule has 0 aromatic carbocycles. The number of hydrogen-bond acceptors (Lipinski definition) is 2. The Balaban J connectivity index is 6.15. The molecule has 0 aliphatic rings. The smallest absolute Gasteiger partial charge is 0.195 e. The van der Waals surface area contributed by atoms with E-state index in [1.165, 1.54) is 0 Å². The molecule has 0 atom stereocenters. The van der Waals surface area contributed by atoms with E-state index in [9.17, 15) is 8.42 Å². The molecule has 0 aliphatic heterocycles. The van der Waals surface area contributed by atoms with Gasteiger partial charge in [0.1, 0.15) is 0 Å². The molecule has 0 saturated heterocycles. The highest BCUT2D eigenvalue weighted by molar-refractivity contribution is 7.86. The molecule has 0 heterocycles. The second-order valence-corrected chi connectivity index (χ2v) is 10.3. The van der Waals surface area contributed by atoms with Crippen LogP contribution in [0.2, 0.25) is 0 Å². The molecule has 0 fully saturated rings. The van der Waals surface area contributed by atoms with Crippen LogP contribution < -0.4 is 0 Å². The summed E-state index contributed by atoms with van der Waals surface area (Å²) in [5, 5.41) is 0. The highest BCUT2D eigenvalue weighted by Gasteiger charge is 2.47. The van der Waals surface area contributed by atoms with Crippen molar-refractivity contribution in [2.75, 3.05) is 0 Å². The maximum absolute atomic E-state index is 13.3. The van der Waals surface area contributed by atoms with Crippen LogP contribution in [-0.2, 0) is 10.2 Å². The van der Waals surface area contributed by atoms with Crippen molar-refractivity contribution in [3.8, 4) is 0 Å². The summed E-state index contributed by atoms with van der Waals surface area (Å²) in [6.45, 7) is 21.3. The quantitative estimate of drug-likeness (QED) is 0.798. The minimum absolute atomic E-state index is 0.0906. The van der Waals surface area contributed by atoms with Gasteiger partial charge in [-0.3, -0.25) is 0 Å². The normalized spacial score (nSPS) is 15.5. The molecule has 0 amide bonds. The zero-order valence-corrected chi connectivity index (χ0v) is 16.0. The minimum atomic E-state index is -3.57. The lowest BCUT2D eigenvalue weighted by Gasteiger charge is -2.49. The SMILES string of the molecule is CC(C)N(C(C)(C)C)S(=O)(=O)N(C(C)(C)C)C(C)(C)C. The summed E-state index contributed by atoms with van der Waals surface area (Å²) in [7, 11) is -3.57. The fourth-order valence-corrected chi connectivity index (χ4v) is 5.96. The van der Waals surface area contributed by atoms with Crippen molar-refractivity contribution in [1.29, 1.82) is 0 Å². The lowest BCUT2D eigenvalue weighted by Crippen LogP contribution is -2.63. The summed E-state index contributed by atoms with van der Waals surface area (Å²) in [6, 6.07) is -0.0906. The van der Waals surface area contributed by atoms with Crippen LogP contribution in [0, 0.1) is 0 Å². The van der Waals surface area contributed by atoms with Crippen LogP contribution in [0.15, 0.2) is 0 Å². The third-order valence-corrected chi connectivity index (χ3v) is 5.85. The van der Waals surface area contributed by atoms with Gasteiger partial charge in [-0.25, -0.2) is 0 Å². The van der Waals surface area contributed by atoms with Crippen LogP contribution in [0.4, 0.5) is 0 Å². The van der Waals surface area contributed by atoms with Gasteiger partial charge < -0.3 is 0 Å². The van der Waals surface area contributed by atoms with Crippen LogP contribution >= 0.6 is 0 Å². The molecule has 4 nitrogen and oxygen atoms in total. The van der Waals surface area contributed by atoms with Gasteiger partial charge in [0.2, 0.25) is 0 Å². The molecule has 0 aromatic rings. The summed E-state index contributed by atoms with van der Waals surface area (Å²) in [5.41, 5.74) is -1.41. The van der Waals surface area contributed by atoms with Gasteiger partial charge >= 0.3 is 0 Å². The Morgan fingerprint density at radius 2 is 1.00 bits per heavy atom. The molecule has 20 heavy (non-hydrogen) atoms. The average molecular weight is 307 g/mol. The van der Waals surface area contributed by atoms with Crippen molar-refractivity contribution in [3.05, 3.63) is 0 Å². The predicted molar refractivity (Wildman–Crippen MR) is 87.0 cm³/mol. The second-order valence-electron chi connectivity index (χ2n) is 8.67. The van der Waals surface area contributed by atoms with Crippen molar-refractivity contribution in [1.82, 2.24) is 8.61 Å². The van der Waals surface area contributed by atoms with Gasteiger partial charge in [0, 0.05) is 22.7 Å². The summed E-state index contributed by atoms with van der Waals surface area (Å²) in [5.74, 6) is 0. The maximum atomic E-state index is 13.3. The van der Waals surface area contributed by atoms with Crippen molar-refractivity contribution in [3.63, 3.8) is 0 Å². The van der Waals surface area contributed by atoms with E-state index in [1.807, 2.05) is 76.2 Å². The summed E-state index contributed by atoms with van der Waals surface area (Å²) in [6.07, 6.45) is 0. The van der Waals surface area contributed by atoms with Crippen LogP contribution in [0.3, 0.4) is 0 Å². The first-order chi connectivity index (χ1) is 8.43. The Morgan fingerprint density at radius 1 is 0.700 bits per heavy atom. The molecule has 0 saturated carbocycles. The fourth-order valence-electron chi connectivity index (χ4n) is 3.17. The van der Waals surface area contributed by atoms with E-state index in [-0.39, 0.29) is 6.04 Å². The lowest BCUT2D eigenvalue weighted by molar-refractivity contribution is 0.107. The molecule has 0 N–H and O–H groups in total. The zero-order chi connectivity index (χ0) is 16.7. The molecule has 0 spiro atoms. The fraction of sp³-hybridized carbons (Fsp3) is 1.00. The van der Waals surface area contributed by atoms with Gasteiger partial charge in [-0.1, -0.05) is 0 Å². The first-order valence-corrected chi connectivity index (χ1v) is 8.68. The molecule has 0 aromatic heterocycles. The topological polar surface area (TPSA) is 40.6 Å². The molecule has 122 valence electrons. The molecule has 5 heteroatoms. The van der Waals surface area contributed by atoms with Crippen molar-refractivity contribution >= 4 is 10.2 Å². The molecule has 0 bridgehead atoms. The summed E-state index contributed by atoms with van der Waals surface area (Å²) in [4.78, 5) is 0. The molecule has 0 rings (SSSR count). The average Bonchev–Trinajstić information content (AvgIpc) is 1.87. The third-order valence-electron chi connectivity index (χ3n) is 2.83. The Bertz CT molecular complexity index is 406. The van der Waals surface area contributed by atoms with Crippen LogP contribution in [0.5, 0.6) is 0 Å². The highest BCUT2D eigenvalue weighted by atomic mass is 32.2. The van der Waals surface area contributed by atoms with Gasteiger partial charge in [-0.15, -0.1) is 0 Å². The third kappa shape index (κ3) is 4.43. The van der Waals surface area contributed by atoms with Crippen LogP contribution in [0.1, 0.15) is 76.2 Å². The van der Waals surface area contributed by atoms with Gasteiger partial charge in [0.05, 0.1) is 0 Å². The Hall–Kier alpha value is -0.130. The van der Waals surface area contributed by atoms with Crippen molar-refractivity contribution in [2.24, 2.45) is 0 Å². The second kappa shape index (κ2) is 5.58. The zero-order valence-electron chi connectivity index (χ0n) is 15.2. The molecule has 0 aliphatic carbocycles. The van der Waals surface area contributed by atoms with E-state index in [2.05, 4.69) is 0 Å². The lowest BCUT2D eigenvalue weighted by atomic mass is 10.0. The molecule has 0 radical (unpaired) electrons. The molecular weight excluding hydrogens is 272 g/mol. The predicted octanol–water partition coefficient (Wildman–Crippen LogP) is 3.64. The van der Waals surface area contributed by atoms with Crippen molar-refractivity contribution < 1.29 is 8.42 Å².